The number of benzene rings is 1. The average Bonchev–Trinajstić information content (AvgIpc) is 2.48. The number of methoxy groups -OCH3 is 1. The van der Waals surface area contributed by atoms with Gasteiger partial charge in [0.2, 0.25) is 5.91 Å². The number of amides is 1. The molecular weight excluding hydrogens is 284 g/mol. The van der Waals surface area contributed by atoms with Crippen molar-refractivity contribution >= 4 is 17.6 Å². The fourth-order valence-electron chi connectivity index (χ4n) is 1.33. The number of carbonyl (C=O) groups is 2. The number of nitriles is 1. The lowest BCUT2D eigenvalue weighted by atomic mass is 10.1. The van der Waals surface area contributed by atoms with E-state index in [1.807, 2.05) is 13.0 Å². The van der Waals surface area contributed by atoms with Crippen LogP contribution < -0.4 is 5.32 Å². The van der Waals surface area contributed by atoms with Gasteiger partial charge in [-0.2, -0.15) is 5.26 Å². The summed E-state index contributed by atoms with van der Waals surface area (Å²) in [4.78, 5) is 22.5. The van der Waals surface area contributed by atoms with Gasteiger partial charge in [0, 0.05) is 13.2 Å². The number of anilines is 1. The topological polar surface area (TPSA) is 99.4 Å². The van der Waals surface area contributed by atoms with Crippen molar-refractivity contribution in [3.8, 4) is 6.07 Å². The molecule has 22 heavy (non-hydrogen) atoms. The maximum Gasteiger partial charge on any atom is 0.337 e. The third-order valence-corrected chi connectivity index (χ3v) is 2.17. The number of carbonyl (C=O) groups excluding carboxylic acids is 1. The van der Waals surface area contributed by atoms with Crippen molar-refractivity contribution in [3.05, 3.63) is 54.1 Å². The van der Waals surface area contributed by atoms with Crippen LogP contribution in [0.5, 0.6) is 0 Å². The van der Waals surface area contributed by atoms with Crippen molar-refractivity contribution in [2.24, 2.45) is 0 Å². The minimum absolute atomic E-state index is 0.132. The van der Waals surface area contributed by atoms with Gasteiger partial charge in [-0.15, -0.1) is 6.58 Å². The SMILES string of the molecule is C=CC.COC/C=C/C(=O)Nc1ccc(C#N)cc1C(=O)O. The molecule has 1 aromatic rings. The number of hydrogen-bond acceptors (Lipinski definition) is 4. The largest absolute Gasteiger partial charge is 0.478 e. The molecule has 6 nitrogen and oxygen atoms in total. The van der Waals surface area contributed by atoms with Crippen molar-refractivity contribution < 1.29 is 19.4 Å². The highest BCUT2D eigenvalue weighted by atomic mass is 16.5. The van der Waals surface area contributed by atoms with Crippen LogP contribution in [0, 0.1) is 11.3 Å². The normalized spacial score (nSPS) is 9.32. The van der Waals surface area contributed by atoms with E-state index in [1.165, 1.54) is 37.5 Å². The first kappa shape index (κ1) is 19.1. The van der Waals surface area contributed by atoms with Crippen molar-refractivity contribution in [1.29, 1.82) is 5.26 Å². The highest BCUT2D eigenvalue weighted by molar-refractivity contribution is 6.04. The Balaban J connectivity index is 0.00000135. The number of rotatable bonds is 5. The van der Waals surface area contributed by atoms with Gasteiger partial charge in [-0.3, -0.25) is 4.79 Å². The van der Waals surface area contributed by atoms with E-state index in [0.717, 1.165) is 0 Å². The fourth-order valence-corrected chi connectivity index (χ4v) is 1.33. The van der Waals surface area contributed by atoms with Crippen LogP contribution in [0.1, 0.15) is 22.8 Å². The Morgan fingerprint density at radius 3 is 2.64 bits per heavy atom. The molecule has 0 spiro atoms. The molecule has 2 N–H and O–H groups in total. The number of ether oxygens (including phenoxy) is 1. The molecule has 116 valence electrons. The number of carboxylic acid groups (broad SMARTS) is 1. The summed E-state index contributed by atoms with van der Waals surface area (Å²) in [7, 11) is 1.49. The molecule has 1 rings (SSSR count). The lowest BCUT2D eigenvalue weighted by Gasteiger charge is -2.06. The van der Waals surface area contributed by atoms with Gasteiger partial charge in [0.05, 0.1) is 29.5 Å². The second kappa shape index (κ2) is 10.8. The van der Waals surface area contributed by atoms with Crippen LogP contribution in [-0.2, 0) is 9.53 Å². The lowest BCUT2D eigenvalue weighted by molar-refractivity contribution is -0.111. The predicted octanol–water partition coefficient (Wildman–Crippen LogP) is 2.59. The molecule has 0 saturated heterocycles. The average molecular weight is 302 g/mol. The number of allylic oxidation sites excluding steroid dienone is 1. The fraction of sp³-hybridized carbons (Fsp3) is 0.188. The number of nitrogens with zero attached hydrogens (tertiary/aromatic N) is 1. The third kappa shape index (κ3) is 7.03. The molecule has 6 heteroatoms. The standard InChI is InChI=1S/C13H12N2O4.C3H6/c1-19-6-2-3-12(16)15-11-5-4-9(8-14)7-10(11)13(17)18;1-3-2/h2-5,7H,6H2,1H3,(H,15,16)(H,17,18);3H,1H2,2H3/b3-2+;. The van der Waals surface area contributed by atoms with Crippen LogP contribution >= 0.6 is 0 Å². The van der Waals surface area contributed by atoms with Crippen LogP contribution in [0.3, 0.4) is 0 Å². The van der Waals surface area contributed by atoms with Crippen molar-refractivity contribution in [2.75, 3.05) is 19.0 Å². The van der Waals surface area contributed by atoms with E-state index in [0.29, 0.717) is 0 Å². The highest BCUT2D eigenvalue weighted by Crippen LogP contribution is 2.17. The molecule has 0 aliphatic carbocycles. The Kier molecular flexibility index (Phi) is 9.40. The molecule has 0 unspecified atom stereocenters. The second-order valence-electron chi connectivity index (χ2n) is 3.93. The summed E-state index contributed by atoms with van der Waals surface area (Å²) in [5.74, 6) is -1.68. The Bertz CT molecular complexity index is 601. The molecule has 0 bridgehead atoms. The van der Waals surface area contributed by atoms with E-state index in [-0.39, 0.29) is 23.4 Å². The van der Waals surface area contributed by atoms with Crippen LogP contribution in [0.25, 0.3) is 0 Å². The van der Waals surface area contributed by atoms with Crippen LogP contribution in [0.15, 0.2) is 43.0 Å². The zero-order chi connectivity index (χ0) is 17.0. The number of nitrogens with one attached hydrogen (secondary N) is 1. The molecule has 0 aromatic heterocycles. The minimum Gasteiger partial charge on any atom is -0.478 e. The van der Waals surface area contributed by atoms with E-state index in [2.05, 4.69) is 11.9 Å². The van der Waals surface area contributed by atoms with Gasteiger partial charge in [0.25, 0.3) is 0 Å². The van der Waals surface area contributed by atoms with Crippen LogP contribution in [0.4, 0.5) is 5.69 Å². The van der Waals surface area contributed by atoms with Gasteiger partial charge in [-0.1, -0.05) is 12.2 Å². The minimum atomic E-state index is -1.21. The van der Waals surface area contributed by atoms with Crippen LogP contribution in [0.2, 0.25) is 0 Å². The van der Waals surface area contributed by atoms with Gasteiger partial charge in [0.1, 0.15) is 0 Å². The van der Waals surface area contributed by atoms with Gasteiger partial charge in [0.15, 0.2) is 0 Å². The summed E-state index contributed by atoms with van der Waals surface area (Å²) in [5, 5.41) is 20.1. The zero-order valence-electron chi connectivity index (χ0n) is 12.5. The first-order chi connectivity index (χ1) is 10.5. The molecule has 0 heterocycles. The van der Waals surface area contributed by atoms with Crippen molar-refractivity contribution in [2.45, 2.75) is 6.92 Å². The first-order valence-corrected chi connectivity index (χ1v) is 6.31. The molecule has 0 fully saturated rings. The summed E-state index contributed by atoms with van der Waals surface area (Å²) < 4.78 is 4.74. The summed E-state index contributed by atoms with van der Waals surface area (Å²) in [6.45, 7) is 5.53. The van der Waals surface area contributed by atoms with Crippen molar-refractivity contribution in [1.82, 2.24) is 0 Å². The van der Waals surface area contributed by atoms with E-state index < -0.39 is 11.9 Å². The first-order valence-electron chi connectivity index (χ1n) is 6.31. The Morgan fingerprint density at radius 1 is 1.50 bits per heavy atom. The molecule has 0 aliphatic rings. The molecule has 0 aliphatic heterocycles. The molecule has 0 radical (unpaired) electrons. The quantitative estimate of drug-likeness (QED) is 0.643. The summed E-state index contributed by atoms with van der Waals surface area (Å²) in [6.07, 6.45) is 4.49. The van der Waals surface area contributed by atoms with E-state index in [1.54, 1.807) is 6.08 Å². The maximum absolute atomic E-state index is 11.5. The Morgan fingerprint density at radius 2 is 2.14 bits per heavy atom. The molecule has 1 amide bonds. The molecule has 1 aromatic carbocycles. The van der Waals surface area contributed by atoms with Crippen molar-refractivity contribution in [3.63, 3.8) is 0 Å². The van der Waals surface area contributed by atoms with E-state index >= 15 is 0 Å². The Hall–Kier alpha value is -2.91. The highest BCUT2D eigenvalue weighted by Gasteiger charge is 2.12. The smallest absolute Gasteiger partial charge is 0.337 e. The van der Waals surface area contributed by atoms with E-state index in [4.69, 9.17) is 15.1 Å². The number of carboxylic acids is 1. The monoisotopic (exact) mass is 302 g/mol. The van der Waals surface area contributed by atoms with Gasteiger partial charge >= 0.3 is 5.97 Å². The molecule has 0 atom stereocenters. The number of hydrogen-bond donors (Lipinski definition) is 2. The molecule has 0 saturated carbocycles. The van der Waals surface area contributed by atoms with E-state index in [9.17, 15) is 9.59 Å². The van der Waals surface area contributed by atoms with Gasteiger partial charge in [-0.05, 0) is 25.1 Å². The zero-order valence-corrected chi connectivity index (χ0v) is 12.5. The maximum atomic E-state index is 11.5. The summed E-state index contributed by atoms with van der Waals surface area (Å²) in [5.41, 5.74) is 0.219. The number of aromatic carboxylic acids is 1. The third-order valence-electron chi connectivity index (χ3n) is 2.17. The summed E-state index contributed by atoms with van der Waals surface area (Å²) in [6, 6.07) is 5.85. The van der Waals surface area contributed by atoms with Crippen LogP contribution in [-0.4, -0.2) is 30.7 Å². The predicted molar refractivity (Wildman–Crippen MR) is 83.6 cm³/mol. The van der Waals surface area contributed by atoms with Gasteiger partial charge < -0.3 is 15.2 Å². The molecular formula is C16H18N2O4. The lowest BCUT2D eigenvalue weighted by Crippen LogP contribution is -2.12. The summed E-state index contributed by atoms with van der Waals surface area (Å²) >= 11 is 0. The van der Waals surface area contributed by atoms with Gasteiger partial charge in [-0.25, -0.2) is 4.79 Å². The Labute approximate surface area is 129 Å². The second-order valence-corrected chi connectivity index (χ2v) is 3.93.